The number of fused-ring (bicyclic) bond motifs is 1. The largest absolute Gasteiger partial charge is 0.309 e. The van der Waals surface area contributed by atoms with Crippen LogP contribution >= 0.6 is 11.8 Å². The van der Waals surface area contributed by atoms with Gasteiger partial charge in [-0.1, -0.05) is 54.6 Å². The SMILES string of the molecule is Cc1ccccc1SCC(=O)Nc1c(-c2ccccc2)nc2c(C)cccn12. The number of rotatable bonds is 5. The summed E-state index contributed by atoms with van der Waals surface area (Å²) in [4.78, 5) is 18.7. The van der Waals surface area contributed by atoms with E-state index in [9.17, 15) is 4.79 Å². The lowest BCUT2D eigenvalue weighted by Gasteiger charge is -2.09. The maximum Gasteiger partial charge on any atom is 0.235 e. The van der Waals surface area contributed by atoms with Crippen LogP contribution in [0.3, 0.4) is 0 Å². The normalized spacial score (nSPS) is 10.9. The molecule has 4 rings (SSSR count). The van der Waals surface area contributed by atoms with E-state index in [1.54, 1.807) is 11.8 Å². The number of imidazole rings is 1. The molecule has 2 heterocycles. The predicted molar refractivity (Wildman–Crippen MR) is 116 cm³/mol. The van der Waals surface area contributed by atoms with Crippen molar-refractivity contribution in [1.82, 2.24) is 9.38 Å². The van der Waals surface area contributed by atoms with Crippen LogP contribution in [0.5, 0.6) is 0 Å². The number of hydrogen-bond donors (Lipinski definition) is 1. The highest BCUT2D eigenvalue weighted by Gasteiger charge is 2.17. The standard InChI is InChI=1S/C23H21N3OS/c1-16-9-6-7-13-19(16)28-15-20(27)24-23-21(18-11-4-3-5-12-18)25-22-17(2)10-8-14-26(22)23/h3-14H,15H2,1-2H3,(H,24,27). The fourth-order valence-corrected chi connectivity index (χ4v) is 3.98. The molecule has 4 aromatic rings. The number of thioether (sulfide) groups is 1. The molecule has 0 spiro atoms. The number of pyridine rings is 1. The van der Waals surface area contributed by atoms with Crippen molar-refractivity contribution >= 4 is 29.1 Å². The van der Waals surface area contributed by atoms with Crippen molar-refractivity contribution in [2.75, 3.05) is 11.1 Å². The fraction of sp³-hybridized carbons (Fsp3) is 0.130. The van der Waals surface area contributed by atoms with Crippen molar-refractivity contribution in [1.29, 1.82) is 0 Å². The van der Waals surface area contributed by atoms with Crippen LogP contribution in [0.15, 0.2) is 77.8 Å². The topological polar surface area (TPSA) is 46.4 Å². The molecule has 5 heteroatoms. The first-order valence-electron chi connectivity index (χ1n) is 9.15. The Morgan fingerprint density at radius 2 is 1.68 bits per heavy atom. The molecule has 0 bridgehead atoms. The second-order valence-electron chi connectivity index (χ2n) is 6.66. The van der Waals surface area contributed by atoms with E-state index in [1.807, 2.05) is 78.2 Å². The van der Waals surface area contributed by atoms with Crippen LogP contribution in [-0.2, 0) is 4.79 Å². The molecule has 4 nitrogen and oxygen atoms in total. The maximum atomic E-state index is 12.7. The first-order chi connectivity index (χ1) is 13.6. The van der Waals surface area contributed by atoms with Gasteiger partial charge in [-0.05, 0) is 37.1 Å². The summed E-state index contributed by atoms with van der Waals surface area (Å²) < 4.78 is 1.95. The summed E-state index contributed by atoms with van der Waals surface area (Å²) in [6.07, 6.45) is 1.94. The molecule has 28 heavy (non-hydrogen) atoms. The van der Waals surface area contributed by atoms with Gasteiger partial charge in [0, 0.05) is 16.7 Å². The van der Waals surface area contributed by atoms with Crippen LogP contribution in [0, 0.1) is 13.8 Å². The zero-order valence-corrected chi connectivity index (χ0v) is 16.7. The average Bonchev–Trinajstić information content (AvgIpc) is 3.08. The van der Waals surface area contributed by atoms with E-state index in [-0.39, 0.29) is 5.91 Å². The van der Waals surface area contributed by atoms with Crippen LogP contribution < -0.4 is 5.32 Å². The zero-order valence-electron chi connectivity index (χ0n) is 15.8. The fourth-order valence-electron chi connectivity index (χ4n) is 3.15. The summed E-state index contributed by atoms with van der Waals surface area (Å²) in [6, 6.07) is 22.0. The minimum atomic E-state index is -0.0475. The van der Waals surface area contributed by atoms with Crippen molar-refractivity contribution < 1.29 is 4.79 Å². The van der Waals surface area contributed by atoms with Crippen LogP contribution in [0.1, 0.15) is 11.1 Å². The molecule has 1 amide bonds. The molecule has 0 saturated heterocycles. The highest BCUT2D eigenvalue weighted by atomic mass is 32.2. The van der Waals surface area contributed by atoms with Crippen molar-refractivity contribution in [2.45, 2.75) is 18.7 Å². The number of benzene rings is 2. The average molecular weight is 388 g/mol. The van der Waals surface area contributed by atoms with E-state index < -0.39 is 0 Å². The molecule has 2 aromatic heterocycles. The second-order valence-corrected chi connectivity index (χ2v) is 7.68. The van der Waals surface area contributed by atoms with Crippen molar-refractivity contribution in [3.05, 3.63) is 84.1 Å². The Kier molecular flexibility index (Phi) is 5.17. The molecule has 0 aliphatic heterocycles. The quantitative estimate of drug-likeness (QED) is 0.470. The number of nitrogens with zero attached hydrogens (tertiary/aromatic N) is 2. The van der Waals surface area contributed by atoms with Crippen molar-refractivity contribution in [2.24, 2.45) is 0 Å². The van der Waals surface area contributed by atoms with E-state index in [0.29, 0.717) is 11.6 Å². The van der Waals surface area contributed by atoms with E-state index >= 15 is 0 Å². The molecule has 0 aliphatic carbocycles. The molecule has 0 radical (unpaired) electrons. The monoisotopic (exact) mass is 387 g/mol. The molecule has 0 fully saturated rings. The van der Waals surface area contributed by atoms with Gasteiger partial charge in [-0.15, -0.1) is 11.8 Å². The smallest absolute Gasteiger partial charge is 0.235 e. The Morgan fingerprint density at radius 3 is 2.46 bits per heavy atom. The molecule has 0 atom stereocenters. The first kappa shape index (κ1) is 18.3. The van der Waals surface area contributed by atoms with Crippen LogP contribution in [0.2, 0.25) is 0 Å². The van der Waals surface area contributed by atoms with Gasteiger partial charge >= 0.3 is 0 Å². The van der Waals surface area contributed by atoms with Gasteiger partial charge in [0.1, 0.15) is 17.2 Å². The van der Waals surface area contributed by atoms with Crippen LogP contribution in [0.25, 0.3) is 16.9 Å². The lowest BCUT2D eigenvalue weighted by atomic mass is 10.1. The Labute approximate surface area is 168 Å². The third-order valence-electron chi connectivity index (χ3n) is 4.60. The van der Waals surface area contributed by atoms with Gasteiger partial charge in [0.2, 0.25) is 5.91 Å². The highest BCUT2D eigenvalue weighted by molar-refractivity contribution is 8.00. The summed E-state index contributed by atoms with van der Waals surface area (Å²) in [7, 11) is 0. The lowest BCUT2D eigenvalue weighted by molar-refractivity contribution is -0.113. The number of hydrogen-bond acceptors (Lipinski definition) is 3. The van der Waals surface area contributed by atoms with Crippen LogP contribution in [0.4, 0.5) is 5.82 Å². The number of anilines is 1. The third kappa shape index (κ3) is 3.66. The summed E-state index contributed by atoms with van der Waals surface area (Å²) in [6.45, 7) is 4.08. The van der Waals surface area contributed by atoms with Gasteiger partial charge in [0.05, 0.1) is 5.75 Å². The highest BCUT2D eigenvalue weighted by Crippen LogP contribution is 2.30. The molecule has 0 aliphatic rings. The van der Waals surface area contributed by atoms with Gasteiger partial charge in [0.15, 0.2) is 0 Å². The van der Waals surface area contributed by atoms with Gasteiger partial charge in [0.25, 0.3) is 0 Å². The molecular formula is C23H21N3OS. The van der Waals surface area contributed by atoms with Crippen molar-refractivity contribution in [3.8, 4) is 11.3 Å². The third-order valence-corrected chi connectivity index (χ3v) is 5.78. The van der Waals surface area contributed by atoms with Crippen molar-refractivity contribution in [3.63, 3.8) is 0 Å². The van der Waals surface area contributed by atoms with Crippen LogP contribution in [-0.4, -0.2) is 21.0 Å². The second kappa shape index (κ2) is 7.90. The minimum absolute atomic E-state index is 0.0475. The lowest BCUT2D eigenvalue weighted by Crippen LogP contribution is -2.16. The molecular weight excluding hydrogens is 366 g/mol. The summed E-state index contributed by atoms with van der Waals surface area (Å²) in [5.74, 6) is 1.01. The molecule has 1 N–H and O–H groups in total. The van der Waals surface area contributed by atoms with E-state index in [0.717, 1.165) is 27.4 Å². The first-order valence-corrected chi connectivity index (χ1v) is 10.1. The number of aromatic nitrogens is 2. The summed E-state index contributed by atoms with van der Waals surface area (Å²) in [5.41, 5.74) is 4.85. The Bertz CT molecular complexity index is 1140. The summed E-state index contributed by atoms with van der Waals surface area (Å²) in [5, 5.41) is 3.09. The number of aryl methyl sites for hydroxylation is 2. The summed E-state index contributed by atoms with van der Waals surface area (Å²) >= 11 is 1.55. The number of carbonyl (C=O) groups is 1. The van der Waals surface area contributed by atoms with Gasteiger partial charge in [-0.2, -0.15) is 0 Å². The number of amides is 1. The van der Waals surface area contributed by atoms with Gasteiger partial charge < -0.3 is 5.32 Å². The molecule has 2 aromatic carbocycles. The van der Waals surface area contributed by atoms with E-state index in [1.165, 1.54) is 5.56 Å². The molecule has 140 valence electrons. The Balaban J connectivity index is 1.65. The van der Waals surface area contributed by atoms with E-state index in [2.05, 4.69) is 18.3 Å². The van der Waals surface area contributed by atoms with E-state index in [4.69, 9.17) is 4.98 Å². The number of carbonyl (C=O) groups excluding carboxylic acids is 1. The predicted octanol–water partition coefficient (Wildman–Crippen LogP) is 5.35. The number of nitrogens with one attached hydrogen (secondary N) is 1. The molecule has 0 saturated carbocycles. The Morgan fingerprint density at radius 1 is 0.964 bits per heavy atom. The van der Waals surface area contributed by atoms with Gasteiger partial charge in [-0.25, -0.2) is 4.98 Å². The molecule has 0 unspecified atom stereocenters. The maximum absolute atomic E-state index is 12.7. The Hall–Kier alpha value is -3.05. The minimum Gasteiger partial charge on any atom is -0.309 e. The zero-order chi connectivity index (χ0) is 19.5. The van der Waals surface area contributed by atoms with Gasteiger partial charge in [-0.3, -0.25) is 9.20 Å².